The maximum atomic E-state index is 4.28. The molecule has 3 heteroatoms. The second kappa shape index (κ2) is 7.49. The van der Waals surface area contributed by atoms with Crippen molar-refractivity contribution in [2.24, 2.45) is 0 Å². The summed E-state index contributed by atoms with van der Waals surface area (Å²) in [7, 11) is 0. The van der Waals surface area contributed by atoms with Crippen molar-refractivity contribution >= 4 is 5.69 Å². The molecular formula is C16H29N3. The summed E-state index contributed by atoms with van der Waals surface area (Å²) in [5.74, 6) is 0. The largest absolute Gasteiger partial charge is 0.371 e. The van der Waals surface area contributed by atoms with Gasteiger partial charge < -0.3 is 10.2 Å². The van der Waals surface area contributed by atoms with E-state index in [0.29, 0.717) is 0 Å². The smallest absolute Gasteiger partial charge is 0.0442 e. The molecule has 0 aliphatic rings. The minimum absolute atomic E-state index is 0.133. The maximum absolute atomic E-state index is 4.28. The molecule has 0 aromatic carbocycles. The molecule has 0 amide bonds. The summed E-state index contributed by atoms with van der Waals surface area (Å²) in [5, 5.41) is 3.55. The first-order valence-corrected chi connectivity index (χ1v) is 7.40. The normalized spacial score (nSPS) is 11.6. The monoisotopic (exact) mass is 263 g/mol. The Balaban J connectivity index is 2.81. The molecule has 0 bridgehead atoms. The minimum atomic E-state index is 0.133. The van der Waals surface area contributed by atoms with Crippen LogP contribution in [-0.2, 0) is 6.54 Å². The summed E-state index contributed by atoms with van der Waals surface area (Å²) in [6.45, 7) is 14.1. The number of hydrogen-bond donors (Lipinski definition) is 1. The number of anilines is 1. The van der Waals surface area contributed by atoms with E-state index in [0.717, 1.165) is 19.6 Å². The summed E-state index contributed by atoms with van der Waals surface area (Å²) in [6, 6.07) is 2.14. The predicted molar refractivity (Wildman–Crippen MR) is 83.6 cm³/mol. The van der Waals surface area contributed by atoms with Crippen LogP contribution in [0.1, 0.15) is 53.0 Å². The Morgan fingerprint density at radius 2 is 2.00 bits per heavy atom. The lowest BCUT2D eigenvalue weighted by atomic mass is 10.1. The van der Waals surface area contributed by atoms with Gasteiger partial charge >= 0.3 is 0 Å². The second-order valence-corrected chi connectivity index (χ2v) is 6.04. The maximum Gasteiger partial charge on any atom is 0.0442 e. The van der Waals surface area contributed by atoms with Crippen molar-refractivity contribution in [1.29, 1.82) is 0 Å². The summed E-state index contributed by atoms with van der Waals surface area (Å²) >= 11 is 0. The molecule has 0 aliphatic heterocycles. The lowest BCUT2D eigenvalue weighted by Gasteiger charge is -2.27. The van der Waals surface area contributed by atoms with Crippen LogP contribution in [0.5, 0.6) is 0 Å². The molecule has 0 fully saturated rings. The fourth-order valence-electron chi connectivity index (χ4n) is 2.02. The van der Waals surface area contributed by atoms with E-state index in [9.17, 15) is 0 Å². The van der Waals surface area contributed by atoms with Crippen molar-refractivity contribution in [1.82, 2.24) is 10.3 Å². The molecule has 0 unspecified atom stereocenters. The third-order valence-electron chi connectivity index (χ3n) is 3.19. The molecule has 1 heterocycles. The van der Waals surface area contributed by atoms with Gasteiger partial charge in [0.05, 0.1) is 0 Å². The fraction of sp³-hybridized carbons (Fsp3) is 0.688. The van der Waals surface area contributed by atoms with E-state index >= 15 is 0 Å². The van der Waals surface area contributed by atoms with Crippen LogP contribution >= 0.6 is 0 Å². The van der Waals surface area contributed by atoms with Gasteiger partial charge in [-0.25, -0.2) is 0 Å². The minimum Gasteiger partial charge on any atom is -0.371 e. The third kappa shape index (κ3) is 5.60. The van der Waals surface area contributed by atoms with Gasteiger partial charge in [-0.2, -0.15) is 0 Å². The van der Waals surface area contributed by atoms with E-state index in [-0.39, 0.29) is 5.54 Å². The van der Waals surface area contributed by atoms with Crippen molar-refractivity contribution in [3.8, 4) is 0 Å². The van der Waals surface area contributed by atoms with Crippen molar-refractivity contribution in [3.05, 3.63) is 24.0 Å². The average Bonchev–Trinajstić information content (AvgIpc) is 2.37. The highest BCUT2D eigenvalue weighted by molar-refractivity contribution is 5.52. The summed E-state index contributed by atoms with van der Waals surface area (Å²) in [4.78, 5) is 6.73. The lowest BCUT2D eigenvalue weighted by molar-refractivity contribution is 0.424. The SMILES string of the molecule is CCCCN(CC)c1ccncc1CNC(C)(C)C. The van der Waals surface area contributed by atoms with E-state index in [1.807, 2.05) is 12.4 Å². The van der Waals surface area contributed by atoms with Gasteiger partial charge in [0.1, 0.15) is 0 Å². The summed E-state index contributed by atoms with van der Waals surface area (Å²) < 4.78 is 0. The number of unbranched alkanes of at least 4 members (excludes halogenated alkanes) is 1. The van der Waals surface area contributed by atoms with Gasteiger partial charge in [0.25, 0.3) is 0 Å². The van der Waals surface area contributed by atoms with Crippen molar-refractivity contribution in [2.45, 2.75) is 59.5 Å². The Labute approximate surface area is 118 Å². The number of nitrogens with zero attached hydrogens (tertiary/aromatic N) is 2. The first-order chi connectivity index (χ1) is 8.98. The molecule has 1 N–H and O–H groups in total. The van der Waals surface area contributed by atoms with E-state index in [1.165, 1.54) is 24.1 Å². The Bertz CT molecular complexity index is 369. The quantitative estimate of drug-likeness (QED) is 0.814. The zero-order chi connectivity index (χ0) is 14.3. The molecule has 0 saturated carbocycles. The fourth-order valence-corrected chi connectivity index (χ4v) is 2.02. The van der Waals surface area contributed by atoms with Crippen molar-refractivity contribution < 1.29 is 0 Å². The average molecular weight is 263 g/mol. The Morgan fingerprint density at radius 1 is 1.26 bits per heavy atom. The van der Waals surface area contributed by atoms with Gasteiger partial charge in [0.2, 0.25) is 0 Å². The van der Waals surface area contributed by atoms with Crippen LogP contribution in [0.2, 0.25) is 0 Å². The van der Waals surface area contributed by atoms with E-state index in [1.54, 1.807) is 0 Å². The lowest BCUT2D eigenvalue weighted by Crippen LogP contribution is -2.36. The number of rotatable bonds is 7. The van der Waals surface area contributed by atoms with E-state index in [2.05, 4.69) is 55.9 Å². The van der Waals surface area contributed by atoms with Crippen LogP contribution in [0.4, 0.5) is 5.69 Å². The third-order valence-corrected chi connectivity index (χ3v) is 3.19. The molecule has 0 atom stereocenters. The second-order valence-electron chi connectivity index (χ2n) is 6.04. The van der Waals surface area contributed by atoms with Crippen LogP contribution in [0.3, 0.4) is 0 Å². The zero-order valence-electron chi connectivity index (χ0n) is 13.2. The highest BCUT2D eigenvalue weighted by Gasteiger charge is 2.13. The van der Waals surface area contributed by atoms with Gasteiger partial charge in [-0.3, -0.25) is 4.98 Å². The Hall–Kier alpha value is -1.09. The number of nitrogens with one attached hydrogen (secondary N) is 1. The van der Waals surface area contributed by atoms with E-state index in [4.69, 9.17) is 0 Å². The van der Waals surface area contributed by atoms with Crippen molar-refractivity contribution in [3.63, 3.8) is 0 Å². The summed E-state index contributed by atoms with van der Waals surface area (Å²) in [5.41, 5.74) is 2.74. The van der Waals surface area contributed by atoms with Crippen LogP contribution in [0, 0.1) is 0 Å². The topological polar surface area (TPSA) is 28.2 Å². The van der Waals surface area contributed by atoms with E-state index < -0.39 is 0 Å². The molecule has 19 heavy (non-hydrogen) atoms. The molecule has 0 radical (unpaired) electrons. The number of pyridine rings is 1. The van der Waals surface area contributed by atoms with Gasteiger partial charge in [-0.1, -0.05) is 13.3 Å². The van der Waals surface area contributed by atoms with Crippen molar-refractivity contribution in [2.75, 3.05) is 18.0 Å². The first-order valence-electron chi connectivity index (χ1n) is 7.40. The number of hydrogen-bond acceptors (Lipinski definition) is 3. The molecule has 0 saturated heterocycles. The van der Waals surface area contributed by atoms with Gasteiger partial charge in [-0.05, 0) is 40.2 Å². The molecule has 0 aliphatic carbocycles. The first kappa shape index (κ1) is 16.0. The predicted octanol–water partition coefficient (Wildman–Crippen LogP) is 3.60. The Morgan fingerprint density at radius 3 is 2.58 bits per heavy atom. The summed E-state index contributed by atoms with van der Waals surface area (Å²) in [6.07, 6.45) is 6.35. The zero-order valence-corrected chi connectivity index (χ0v) is 13.2. The number of aromatic nitrogens is 1. The molecule has 1 rings (SSSR count). The highest BCUT2D eigenvalue weighted by atomic mass is 15.1. The Kier molecular flexibility index (Phi) is 6.29. The standard InChI is InChI=1S/C16H29N3/c1-6-8-11-19(7-2)15-9-10-17-12-14(15)13-18-16(3,4)5/h9-10,12,18H,6-8,11,13H2,1-5H3. The molecule has 1 aromatic rings. The molecular weight excluding hydrogens is 234 g/mol. The highest BCUT2D eigenvalue weighted by Crippen LogP contribution is 2.20. The van der Waals surface area contributed by atoms with Crippen LogP contribution in [-0.4, -0.2) is 23.6 Å². The van der Waals surface area contributed by atoms with Gasteiger partial charge in [0, 0.05) is 48.8 Å². The molecule has 108 valence electrons. The molecule has 0 spiro atoms. The molecule has 3 nitrogen and oxygen atoms in total. The van der Waals surface area contributed by atoms with Crippen LogP contribution < -0.4 is 10.2 Å². The van der Waals surface area contributed by atoms with Gasteiger partial charge in [0.15, 0.2) is 0 Å². The van der Waals surface area contributed by atoms with Gasteiger partial charge in [-0.15, -0.1) is 0 Å². The van der Waals surface area contributed by atoms with Crippen LogP contribution in [0.15, 0.2) is 18.5 Å². The molecule has 1 aromatic heterocycles. The van der Waals surface area contributed by atoms with Crippen LogP contribution in [0.25, 0.3) is 0 Å².